The minimum absolute atomic E-state index is 1.22. The topological polar surface area (TPSA) is 8.81 Å². The maximum atomic E-state index is 2.55. The van der Waals surface area contributed by atoms with Crippen molar-refractivity contribution in [3.63, 3.8) is 0 Å². The highest BCUT2D eigenvalue weighted by atomic mass is 15.1. The molecule has 0 amide bonds. The fourth-order valence-electron chi connectivity index (χ4n) is 3.65. The molecule has 1 heterocycles. The van der Waals surface area contributed by atoms with Gasteiger partial charge in [-0.3, -0.25) is 0 Å². The van der Waals surface area contributed by atoms with Crippen LogP contribution in [0.4, 0.5) is 0 Å². The van der Waals surface area contributed by atoms with Crippen molar-refractivity contribution in [1.82, 2.24) is 4.57 Å². The summed E-state index contributed by atoms with van der Waals surface area (Å²) in [6.07, 6.45) is 25.2. The first-order chi connectivity index (χ1) is 12.3. The fourth-order valence-corrected chi connectivity index (χ4v) is 3.65. The molecule has 0 aliphatic rings. The Labute approximate surface area is 158 Å². The number of hydrogen-bond donors (Lipinski definition) is 0. The van der Waals surface area contributed by atoms with Gasteiger partial charge in [-0.2, -0.15) is 0 Å². The van der Waals surface area contributed by atoms with Crippen LogP contribution in [0.25, 0.3) is 0 Å². The lowest BCUT2D eigenvalue weighted by atomic mass is 10.1. The highest BCUT2D eigenvalue weighted by Gasteiger charge is 2.15. The summed E-state index contributed by atoms with van der Waals surface area (Å²) in [7, 11) is 0. The number of aryl methyl sites for hydroxylation is 2. The van der Waals surface area contributed by atoms with E-state index in [-0.39, 0.29) is 0 Å². The molecule has 0 bridgehead atoms. The van der Waals surface area contributed by atoms with Gasteiger partial charge >= 0.3 is 0 Å². The highest BCUT2D eigenvalue weighted by Crippen LogP contribution is 2.10. The molecule has 0 fully saturated rings. The third-order valence-corrected chi connectivity index (χ3v) is 5.35. The molecular formula is C23H45N2+. The van der Waals surface area contributed by atoms with Crippen LogP contribution in [0.3, 0.4) is 0 Å². The lowest BCUT2D eigenvalue weighted by Gasteiger charge is -2.06. The van der Waals surface area contributed by atoms with Gasteiger partial charge in [-0.25, -0.2) is 9.13 Å². The normalized spacial score (nSPS) is 11.3. The van der Waals surface area contributed by atoms with Gasteiger partial charge < -0.3 is 0 Å². The molecule has 0 aromatic carbocycles. The van der Waals surface area contributed by atoms with Crippen molar-refractivity contribution in [2.45, 2.75) is 130 Å². The Morgan fingerprint density at radius 2 is 1.24 bits per heavy atom. The molecule has 1 aromatic rings. The Kier molecular flexibility index (Phi) is 13.8. The van der Waals surface area contributed by atoms with E-state index in [1.165, 1.54) is 109 Å². The first kappa shape index (κ1) is 22.3. The van der Waals surface area contributed by atoms with Crippen LogP contribution in [0, 0.1) is 0 Å². The van der Waals surface area contributed by atoms with Gasteiger partial charge in [0.2, 0.25) is 0 Å². The summed E-state index contributed by atoms with van der Waals surface area (Å²) in [6, 6.07) is 0. The first-order valence-corrected chi connectivity index (χ1v) is 11.4. The van der Waals surface area contributed by atoms with Crippen LogP contribution in [-0.4, -0.2) is 4.57 Å². The van der Waals surface area contributed by atoms with Crippen LogP contribution in [0.2, 0.25) is 0 Å². The van der Waals surface area contributed by atoms with E-state index in [4.69, 9.17) is 0 Å². The molecule has 2 heteroatoms. The summed E-state index contributed by atoms with van der Waals surface area (Å²) in [6.45, 7) is 9.33. The second-order valence-corrected chi connectivity index (χ2v) is 7.74. The fraction of sp³-hybridized carbons (Fsp3) is 0.870. The van der Waals surface area contributed by atoms with Gasteiger partial charge in [0, 0.05) is 6.42 Å². The Morgan fingerprint density at radius 3 is 1.88 bits per heavy atom. The Morgan fingerprint density at radius 1 is 0.680 bits per heavy atom. The third-order valence-electron chi connectivity index (χ3n) is 5.35. The van der Waals surface area contributed by atoms with Crippen LogP contribution in [-0.2, 0) is 19.5 Å². The molecule has 2 nitrogen and oxygen atoms in total. The van der Waals surface area contributed by atoms with Crippen LogP contribution in [0.1, 0.15) is 116 Å². The van der Waals surface area contributed by atoms with E-state index in [2.05, 4.69) is 42.3 Å². The minimum Gasteiger partial charge on any atom is -0.234 e. The van der Waals surface area contributed by atoms with Crippen molar-refractivity contribution >= 4 is 0 Å². The summed E-state index contributed by atoms with van der Waals surface area (Å²) in [4.78, 5) is 0. The number of rotatable bonds is 17. The molecule has 0 aliphatic carbocycles. The molecule has 0 radical (unpaired) electrons. The van der Waals surface area contributed by atoms with E-state index in [1.54, 1.807) is 5.82 Å². The Hall–Kier alpha value is -0.790. The molecule has 0 unspecified atom stereocenters. The summed E-state index contributed by atoms with van der Waals surface area (Å²) >= 11 is 0. The second-order valence-electron chi connectivity index (χ2n) is 7.74. The largest absolute Gasteiger partial charge is 0.256 e. The molecular weight excluding hydrogens is 304 g/mol. The summed E-state index contributed by atoms with van der Waals surface area (Å²) in [5.74, 6) is 1.57. The van der Waals surface area contributed by atoms with E-state index in [0.29, 0.717) is 0 Å². The van der Waals surface area contributed by atoms with Crippen molar-refractivity contribution in [3.8, 4) is 0 Å². The second kappa shape index (κ2) is 15.5. The SMILES string of the molecule is CCCCCCCCn1cc[n+](CCCCCCCC)c1CCCC. The van der Waals surface area contributed by atoms with E-state index in [0.717, 1.165) is 0 Å². The molecule has 0 atom stereocenters. The van der Waals surface area contributed by atoms with Gasteiger partial charge in [-0.15, -0.1) is 0 Å². The molecule has 0 saturated carbocycles. The average molecular weight is 350 g/mol. The zero-order valence-electron chi connectivity index (χ0n) is 17.6. The van der Waals surface area contributed by atoms with Gasteiger partial charge in [0.15, 0.2) is 0 Å². The van der Waals surface area contributed by atoms with Gasteiger partial charge in [0.05, 0.1) is 13.1 Å². The number of nitrogens with zero attached hydrogens (tertiary/aromatic N) is 2. The van der Waals surface area contributed by atoms with E-state index >= 15 is 0 Å². The zero-order valence-corrected chi connectivity index (χ0v) is 17.6. The zero-order chi connectivity index (χ0) is 18.2. The molecule has 25 heavy (non-hydrogen) atoms. The average Bonchev–Trinajstić information content (AvgIpc) is 3.01. The van der Waals surface area contributed by atoms with E-state index < -0.39 is 0 Å². The van der Waals surface area contributed by atoms with E-state index in [1.807, 2.05) is 0 Å². The number of aromatic nitrogens is 2. The van der Waals surface area contributed by atoms with E-state index in [9.17, 15) is 0 Å². The maximum Gasteiger partial charge on any atom is 0.256 e. The van der Waals surface area contributed by atoms with Gasteiger partial charge in [-0.1, -0.05) is 78.6 Å². The summed E-state index contributed by atoms with van der Waals surface area (Å²) in [5, 5.41) is 0. The maximum absolute atomic E-state index is 2.55. The lowest BCUT2D eigenvalue weighted by molar-refractivity contribution is -0.704. The molecule has 0 spiro atoms. The van der Waals surface area contributed by atoms with Crippen LogP contribution in [0.15, 0.2) is 12.4 Å². The van der Waals surface area contributed by atoms with Crippen molar-refractivity contribution in [1.29, 1.82) is 0 Å². The van der Waals surface area contributed by atoms with Gasteiger partial charge in [-0.05, 0) is 32.1 Å². The molecule has 0 N–H and O–H groups in total. The third kappa shape index (κ3) is 10.1. The number of imidazole rings is 1. The smallest absolute Gasteiger partial charge is 0.234 e. The summed E-state index contributed by atoms with van der Waals surface area (Å²) < 4.78 is 5.10. The predicted molar refractivity (Wildman–Crippen MR) is 110 cm³/mol. The first-order valence-electron chi connectivity index (χ1n) is 11.4. The van der Waals surface area contributed by atoms with Gasteiger partial charge in [0.1, 0.15) is 12.4 Å². The Balaban J connectivity index is 2.39. The lowest BCUT2D eigenvalue weighted by Crippen LogP contribution is -2.37. The Bertz CT molecular complexity index is 375. The van der Waals surface area contributed by atoms with Gasteiger partial charge in [0.25, 0.3) is 5.82 Å². The van der Waals surface area contributed by atoms with Crippen molar-refractivity contribution in [3.05, 3.63) is 18.2 Å². The molecule has 0 saturated heterocycles. The molecule has 1 aromatic heterocycles. The van der Waals surface area contributed by atoms with Crippen LogP contribution < -0.4 is 4.57 Å². The molecule has 0 aliphatic heterocycles. The van der Waals surface area contributed by atoms with Crippen LogP contribution >= 0.6 is 0 Å². The number of unbranched alkanes of at least 4 members (excludes halogenated alkanes) is 11. The standard InChI is InChI=1S/C23H45N2/c1-4-7-10-12-14-16-19-24-21-22-25(23(24)18-9-6-3)20-17-15-13-11-8-5-2/h21-22H,4-20H2,1-3H3/q+1. The predicted octanol–water partition coefficient (Wildman–Crippen LogP) is 6.84. The van der Waals surface area contributed by atoms with Crippen molar-refractivity contribution in [2.75, 3.05) is 0 Å². The number of hydrogen-bond acceptors (Lipinski definition) is 0. The van der Waals surface area contributed by atoms with Crippen LogP contribution in [0.5, 0.6) is 0 Å². The molecule has 1 rings (SSSR count). The monoisotopic (exact) mass is 349 g/mol. The summed E-state index contributed by atoms with van der Waals surface area (Å²) in [5.41, 5.74) is 0. The highest BCUT2D eigenvalue weighted by molar-refractivity contribution is 4.84. The quantitative estimate of drug-likeness (QED) is 0.215. The minimum atomic E-state index is 1.22. The molecule has 146 valence electrons. The van der Waals surface area contributed by atoms with Crippen molar-refractivity contribution < 1.29 is 4.57 Å². The van der Waals surface area contributed by atoms with Crippen molar-refractivity contribution in [2.24, 2.45) is 0 Å².